The molecule has 1 atom stereocenters. The predicted octanol–water partition coefficient (Wildman–Crippen LogP) is 2.92. The molecule has 0 saturated carbocycles. The van der Waals surface area contributed by atoms with Crippen LogP contribution in [0.2, 0.25) is 0 Å². The molecule has 0 aromatic heterocycles. The van der Waals surface area contributed by atoms with E-state index in [-0.39, 0.29) is 0 Å². The van der Waals surface area contributed by atoms with Crippen LogP contribution in [-0.2, 0) is 9.47 Å². The fourth-order valence-electron chi connectivity index (χ4n) is 1.62. The van der Waals surface area contributed by atoms with Crippen molar-refractivity contribution in [3.8, 4) is 0 Å². The summed E-state index contributed by atoms with van der Waals surface area (Å²) in [4.78, 5) is 0. The van der Waals surface area contributed by atoms with Gasteiger partial charge in [-0.15, -0.1) is 0 Å². The third-order valence-electron chi connectivity index (χ3n) is 2.37. The summed E-state index contributed by atoms with van der Waals surface area (Å²) >= 11 is 0. The molecular weight excluding hydrogens is 164 g/mol. The van der Waals surface area contributed by atoms with Crippen LogP contribution in [0.25, 0.3) is 0 Å². The molecule has 0 aromatic carbocycles. The highest BCUT2D eigenvalue weighted by molar-refractivity contribution is 4.82. The molecule has 0 N–H and O–H groups in total. The topological polar surface area (TPSA) is 18.5 Å². The van der Waals surface area contributed by atoms with Gasteiger partial charge in [-0.1, -0.05) is 26.2 Å². The Morgan fingerprint density at radius 2 is 2.15 bits per heavy atom. The van der Waals surface area contributed by atoms with E-state index in [4.69, 9.17) is 9.47 Å². The van der Waals surface area contributed by atoms with E-state index in [9.17, 15) is 0 Å². The maximum Gasteiger partial charge on any atom is 0.0997 e. The second-order valence-corrected chi connectivity index (χ2v) is 3.73. The first-order valence-corrected chi connectivity index (χ1v) is 5.42. The number of unbranched alkanes of at least 4 members (excludes halogenated alkanes) is 2. The van der Waals surface area contributed by atoms with Crippen LogP contribution >= 0.6 is 0 Å². The molecule has 1 aliphatic heterocycles. The summed E-state index contributed by atoms with van der Waals surface area (Å²) in [7, 11) is 0. The van der Waals surface area contributed by atoms with Gasteiger partial charge < -0.3 is 9.47 Å². The van der Waals surface area contributed by atoms with Gasteiger partial charge in [0.25, 0.3) is 0 Å². The Bertz CT molecular complexity index is 125. The second-order valence-electron chi connectivity index (χ2n) is 3.73. The van der Waals surface area contributed by atoms with E-state index in [2.05, 4.69) is 13.8 Å². The Hall–Kier alpha value is -0.0800. The molecule has 0 bridgehead atoms. The standard InChI is InChI=1S/C11H21O2/c1-3-4-5-6-11-9-10(2)12-7-8-13-11/h10H,3-9H2,1-2H3. The van der Waals surface area contributed by atoms with Gasteiger partial charge in [0.15, 0.2) is 0 Å². The van der Waals surface area contributed by atoms with Crippen molar-refractivity contribution >= 4 is 0 Å². The molecule has 0 amide bonds. The molecule has 2 heteroatoms. The average Bonchev–Trinajstić information content (AvgIpc) is 2.31. The molecule has 13 heavy (non-hydrogen) atoms. The molecule has 0 aliphatic carbocycles. The van der Waals surface area contributed by atoms with Gasteiger partial charge in [0.05, 0.1) is 25.4 Å². The first-order chi connectivity index (χ1) is 6.33. The Labute approximate surface area is 81.6 Å². The van der Waals surface area contributed by atoms with Crippen molar-refractivity contribution in [3.63, 3.8) is 0 Å². The van der Waals surface area contributed by atoms with E-state index >= 15 is 0 Å². The van der Waals surface area contributed by atoms with E-state index in [1.165, 1.54) is 25.4 Å². The normalized spacial score (nSPS) is 25.8. The fraction of sp³-hybridized carbons (Fsp3) is 0.909. The molecule has 1 fully saturated rings. The van der Waals surface area contributed by atoms with Gasteiger partial charge in [0, 0.05) is 6.42 Å². The lowest BCUT2D eigenvalue weighted by Crippen LogP contribution is -2.09. The van der Waals surface area contributed by atoms with Crippen LogP contribution in [0.4, 0.5) is 0 Å². The van der Waals surface area contributed by atoms with Gasteiger partial charge in [-0.3, -0.25) is 0 Å². The molecular formula is C11H21O2. The Morgan fingerprint density at radius 1 is 1.31 bits per heavy atom. The molecule has 1 aliphatic rings. The van der Waals surface area contributed by atoms with Crippen LogP contribution < -0.4 is 0 Å². The van der Waals surface area contributed by atoms with E-state index in [1.807, 2.05) is 0 Å². The molecule has 77 valence electrons. The van der Waals surface area contributed by atoms with Crippen molar-refractivity contribution in [1.29, 1.82) is 0 Å². The Kier molecular flexibility index (Phi) is 5.40. The second kappa shape index (κ2) is 6.39. The van der Waals surface area contributed by atoms with Gasteiger partial charge in [0.2, 0.25) is 0 Å². The largest absolute Gasteiger partial charge is 0.376 e. The van der Waals surface area contributed by atoms with Crippen LogP contribution in [0.1, 0.15) is 46.0 Å². The van der Waals surface area contributed by atoms with Crippen molar-refractivity contribution in [1.82, 2.24) is 0 Å². The fourth-order valence-corrected chi connectivity index (χ4v) is 1.62. The highest BCUT2D eigenvalue weighted by atomic mass is 16.5. The van der Waals surface area contributed by atoms with Gasteiger partial charge in [-0.2, -0.15) is 0 Å². The zero-order chi connectivity index (χ0) is 9.52. The molecule has 1 saturated heterocycles. The quantitative estimate of drug-likeness (QED) is 0.627. The summed E-state index contributed by atoms with van der Waals surface area (Å²) in [5, 5.41) is 0. The summed E-state index contributed by atoms with van der Waals surface area (Å²) in [5.41, 5.74) is 0. The van der Waals surface area contributed by atoms with Crippen LogP contribution in [-0.4, -0.2) is 19.3 Å². The summed E-state index contributed by atoms with van der Waals surface area (Å²) < 4.78 is 11.1. The summed E-state index contributed by atoms with van der Waals surface area (Å²) in [6.45, 7) is 5.84. The molecule has 1 rings (SSSR count). The van der Waals surface area contributed by atoms with Gasteiger partial charge in [-0.05, 0) is 13.3 Å². The lowest BCUT2D eigenvalue weighted by Gasteiger charge is -2.14. The monoisotopic (exact) mass is 185 g/mol. The number of hydrogen-bond donors (Lipinski definition) is 0. The zero-order valence-corrected chi connectivity index (χ0v) is 8.84. The molecule has 2 nitrogen and oxygen atoms in total. The third kappa shape index (κ3) is 4.63. The predicted molar refractivity (Wildman–Crippen MR) is 53.4 cm³/mol. The molecule has 1 heterocycles. The van der Waals surface area contributed by atoms with Crippen molar-refractivity contribution in [2.75, 3.05) is 13.2 Å². The first kappa shape index (κ1) is 11.0. The maximum absolute atomic E-state index is 5.61. The lowest BCUT2D eigenvalue weighted by molar-refractivity contribution is 0.0641. The lowest BCUT2D eigenvalue weighted by atomic mass is 10.1. The van der Waals surface area contributed by atoms with Gasteiger partial charge in [-0.25, -0.2) is 0 Å². The van der Waals surface area contributed by atoms with Crippen molar-refractivity contribution < 1.29 is 9.47 Å². The van der Waals surface area contributed by atoms with E-state index in [0.717, 1.165) is 26.1 Å². The van der Waals surface area contributed by atoms with Gasteiger partial charge >= 0.3 is 0 Å². The number of hydrogen-bond acceptors (Lipinski definition) is 2. The minimum Gasteiger partial charge on any atom is -0.376 e. The van der Waals surface area contributed by atoms with E-state index in [0.29, 0.717) is 6.10 Å². The molecule has 1 unspecified atom stereocenters. The SMILES string of the molecule is CCCCC[C]1CC(C)OCCO1. The minimum atomic E-state index is 0.346. The third-order valence-corrected chi connectivity index (χ3v) is 2.37. The van der Waals surface area contributed by atoms with Crippen molar-refractivity contribution in [2.24, 2.45) is 0 Å². The number of ether oxygens (including phenoxy) is 2. The molecule has 0 aromatic rings. The smallest absolute Gasteiger partial charge is 0.0997 e. The summed E-state index contributed by atoms with van der Waals surface area (Å²) in [6.07, 6.45) is 7.56. The Balaban J connectivity index is 2.15. The van der Waals surface area contributed by atoms with Gasteiger partial charge in [0.1, 0.15) is 0 Å². The highest BCUT2D eigenvalue weighted by Crippen LogP contribution is 2.22. The van der Waals surface area contributed by atoms with Crippen molar-refractivity contribution in [3.05, 3.63) is 6.10 Å². The first-order valence-electron chi connectivity index (χ1n) is 5.42. The van der Waals surface area contributed by atoms with E-state index in [1.54, 1.807) is 0 Å². The highest BCUT2D eigenvalue weighted by Gasteiger charge is 2.18. The summed E-state index contributed by atoms with van der Waals surface area (Å²) in [6, 6.07) is 0. The molecule has 0 spiro atoms. The van der Waals surface area contributed by atoms with E-state index < -0.39 is 0 Å². The van der Waals surface area contributed by atoms with Crippen LogP contribution in [0.5, 0.6) is 0 Å². The van der Waals surface area contributed by atoms with Crippen molar-refractivity contribution in [2.45, 2.75) is 52.1 Å². The van der Waals surface area contributed by atoms with Crippen LogP contribution in [0.15, 0.2) is 0 Å². The minimum absolute atomic E-state index is 0.346. The zero-order valence-electron chi connectivity index (χ0n) is 8.84. The number of rotatable bonds is 4. The molecule has 1 radical (unpaired) electrons. The van der Waals surface area contributed by atoms with Crippen LogP contribution in [0, 0.1) is 6.10 Å². The summed E-state index contributed by atoms with van der Waals surface area (Å²) in [5.74, 6) is 0. The van der Waals surface area contributed by atoms with Crippen LogP contribution in [0.3, 0.4) is 0 Å². The Morgan fingerprint density at radius 3 is 2.92 bits per heavy atom. The maximum atomic E-state index is 5.61. The average molecular weight is 185 g/mol.